The highest BCUT2D eigenvalue weighted by atomic mass is 127. The van der Waals surface area contributed by atoms with E-state index in [0.717, 1.165) is 24.7 Å². The van der Waals surface area contributed by atoms with Crippen molar-refractivity contribution in [2.45, 2.75) is 18.3 Å². The minimum absolute atomic E-state index is 0.230. The summed E-state index contributed by atoms with van der Waals surface area (Å²) in [5.41, 5.74) is 0.464. The summed E-state index contributed by atoms with van der Waals surface area (Å²) in [6.45, 7) is 0. The van der Waals surface area contributed by atoms with Gasteiger partial charge in [-0.15, -0.1) is 0 Å². The number of aldehydes is 1. The number of halogens is 2. The van der Waals surface area contributed by atoms with Gasteiger partial charge in [0.1, 0.15) is 12.1 Å². The van der Waals surface area contributed by atoms with Gasteiger partial charge in [-0.05, 0) is 53.1 Å². The van der Waals surface area contributed by atoms with Gasteiger partial charge in [0, 0.05) is 3.57 Å². The SMILES string of the molecule is O=CC1(c2ccc(I)c(F)c2)CC1. The van der Waals surface area contributed by atoms with Crippen molar-refractivity contribution in [1.29, 1.82) is 0 Å². The highest BCUT2D eigenvalue weighted by Crippen LogP contribution is 2.46. The van der Waals surface area contributed by atoms with E-state index in [2.05, 4.69) is 0 Å². The van der Waals surface area contributed by atoms with Crippen molar-refractivity contribution in [3.63, 3.8) is 0 Å². The normalized spacial score (nSPS) is 18.3. The van der Waals surface area contributed by atoms with Gasteiger partial charge >= 0.3 is 0 Å². The van der Waals surface area contributed by atoms with Crippen LogP contribution in [0.25, 0.3) is 0 Å². The molecule has 1 aromatic rings. The Bertz CT molecular complexity index is 358. The fourth-order valence-corrected chi connectivity index (χ4v) is 1.75. The first-order valence-corrected chi connectivity index (χ1v) is 5.18. The van der Waals surface area contributed by atoms with E-state index in [0.29, 0.717) is 3.57 Å². The first-order valence-electron chi connectivity index (χ1n) is 4.10. The van der Waals surface area contributed by atoms with E-state index in [9.17, 15) is 9.18 Å². The Morgan fingerprint density at radius 2 is 2.15 bits per heavy atom. The maximum atomic E-state index is 13.2. The molecule has 1 fully saturated rings. The predicted molar refractivity (Wildman–Crippen MR) is 56.1 cm³/mol. The first-order chi connectivity index (χ1) is 6.18. The van der Waals surface area contributed by atoms with E-state index in [1.807, 2.05) is 28.7 Å². The second-order valence-electron chi connectivity index (χ2n) is 3.40. The molecule has 0 aromatic heterocycles. The summed E-state index contributed by atoms with van der Waals surface area (Å²) in [6.07, 6.45) is 2.65. The number of rotatable bonds is 2. The lowest BCUT2D eigenvalue weighted by molar-refractivity contribution is -0.109. The summed E-state index contributed by atoms with van der Waals surface area (Å²) in [4.78, 5) is 10.8. The number of hydrogen-bond donors (Lipinski definition) is 0. The van der Waals surface area contributed by atoms with Crippen molar-refractivity contribution in [3.05, 3.63) is 33.1 Å². The maximum Gasteiger partial charge on any atom is 0.136 e. The minimum Gasteiger partial charge on any atom is -0.302 e. The van der Waals surface area contributed by atoms with Gasteiger partial charge in [0.05, 0.1) is 5.41 Å². The van der Waals surface area contributed by atoms with E-state index < -0.39 is 0 Å². The largest absolute Gasteiger partial charge is 0.302 e. The van der Waals surface area contributed by atoms with E-state index in [-0.39, 0.29) is 11.2 Å². The minimum atomic E-state index is -0.356. The lowest BCUT2D eigenvalue weighted by Gasteiger charge is -2.07. The Hall–Kier alpha value is -0.450. The van der Waals surface area contributed by atoms with Crippen LogP contribution in [0.3, 0.4) is 0 Å². The molecule has 0 amide bonds. The molecule has 1 aromatic carbocycles. The maximum absolute atomic E-state index is 13.2. The summed E-state index contributed by atoms with van der Waals surface area (Å²) >= 11 is 1.94. The second-order valence-corrected chi connectivity index (χ2v) is 4.57. The van der Waals surface area contributed by atoms with E-state index in [1.54, 1.807) is 6.07 Å². The Kier molecular flexibility index (Phi) is 2.14. The number of benzene rings is 1. The Labute approximate surface area is 89.5 Å². The fourth-order valence-electron chi connectivity index (χ4n) is 1.42. The molecule has 1 saturated carbocycles. The molecule has 0 saturated heterocycles. The van der Waals surface area contributed by atoms with Crippen LogP contribution >= 0.6 is 22.6 Å². The van der Waals surface area contributed by atoms with Crippen LogP contribution in [0.4, 0.5) is 4.39 Å². The average Bonchev–Trinajstić information content (AvgIpc) is 2.90. The van der Waals surface area contributed by atoms with E-state index in [4.69, 9.17) is 0 Å². The monoisotopic (exact) mass is 290 g/mol. The molecule has 1 nitrogen and oxygen atoms in total. The second kappa shape index (κ2) is 3.04. The summed E-state index contributed by atoms with van der Waals surface area (Å²) < 4.78 is 13.8. The molecule has 1 aliphatic rings. The Balaban J connectivity index is 2.42. The molecular formula is C10H8FIO. The molecule has 0 heterocycles. The van der Waals surface area contributed by atoms with Crippen molar-refractivity contribution in [2.75, 3.05) is 0 Å². The van der Waals surface area contributed by atoms with Crippen LogP contribution < -0.4 is 0 Å². The molecule has 68 valence electrons. The van der Waals surface area contributed by atoms with Gasteiger partial charge in [-0.3, -0.25) is 0 Å². The molecule has 0 aliphatic heterocycles. The highest BCUT2D eigenvalue weighted by Gasteiger charge is 2.44. The number of hydrogen-bond acceptors (Lipinski definition) is 1. The molecule has 1 aliphatic carbocycles. The van der Waals surface area contributed by atoms with E-state index >= 15 is 0 Å². The van der Waals surface area contributed by atoms with Gasteiger partial charge in [0.2, 0.25) is 0 Å². The van der Waals surface area contributed by atoms with Crippen LogP contribution in [0, 0.1) is 9.39 Å². The van der Waals surface area contributed by atoms with Gasteiger partial charge in [0.15, 0.2) is 0 Å². The third-order valence-electron chi connectivity index (χ3n) is 2.51. The zero-order valence-electron chi connectivity index (χ0n) is 6.89. The summed E-state index contributed by atoms with van der Waals surface area (Å²) in [6, 6.07) is 5.03. The number of carbonyl (C=O) groups is 1. The smallest absolute Gasteiger partial charge is 0.136 e. The van der Waals surface area contributed by atoms with Gasteiger partial charge in [-0.1, -0.05) is 6.07 Å². The van der Waals surface area contributed by atoms with Crippen LogP contribution in [-0.4, -0.2) is 6.29 Å². The van der Waals surface area contributed by atoms with Crippen LogP contribution in [-0.2, 0) is 10.2 Å². The van der Waals surface area contributed by atoms with Crippen molar-refractivity contribution >= 4 is 28.9 Å². The van der Waals surface area contributed by atoms with Gasteiger partial charge in [-0.25, -0.2) is 4.39 Å². The Morgan fingerprint density at radius 1 is 1.46 bits per heavy atom. The molecule has 0 bridgehead atoms. The first kappa shape index (κ1) is 9.12. The van der Waals surface area contributed by atoms with E-state index in [1.165, 1.54) is 6.07 Å². The third kappa shape index (κ3) is 1.49. The Morgan fingerprint density at radius 3 is 2.62 bits per heavy atom. The lowest BCUT2D eigenvalue weighted by Crippen LogP contribution is -2.08. The van der Waals surface area contributed by atoms with Crippen LogP contribution in [0.15, 0.2) is 18.2 Å². The summed E-state index contributed by atoms with van der Waals surface area (Å²) in [5, 5.41) is 0. The molecule has 3 heteroatoms. The van der Waals surface area contributed by atoms with Crippen molar-refractivity contribution in [1.82, 2.24) is 0 Å². The molecule has 0 radical (unpaired) electrons. The standard InChI is InChI=1S/C10H8FIO/c11-8-5-7(1-2-9(8)12)10(6-13)3-4-10/h1-2,5-6H,3-4H2. The van der Waals surface area contributed by atoms with Crippen LogP contribution in [0.5, 0.6) is 0 Å². The average molecular weight is 290 g/mol. The zero-order chi connectivity index (χ0) is 9.47. The van der Waals surface area contributed by atoms with Crippen LogP contribution in [0.2, 0.25) is 0 Å². The van der Waals surface area contributed by atoms with Gasteiger partial charge < -0.3 is 4.79 Å². The van der Waals surface area contributed by atoms with Gasteiger partial charge in [-0.2, -0.15) is 0 Å². The number of carbonyl (C=O) groups excluding carboxylic acids is 1. The van der Waals surface area contributed by atoms with Crippen molar-refractivity contribution in [2.24, 2.45) is 0 Å². The molecule has 0 spiro atoms. The summed E-state index contributed by atoms with van der Waals surface area (Å²) in [5.74, 6) is -0.230. The van der Waals surface area contributed by atoms with Crippen molar-refractivity contribution < 1.29 is 9.18 Å². The molecule has 13 heavy (non-hydrogen) atoms. The highest BCUT2D eigenvalue weighted by molar-refractivity contribution is 14.1. The molecule has 0 atom stereocenters. The topological polar surface area (TPSA) is 17.1 Å². The van der Waals surface area contributed by atoms with Gasteiger partial charge in [0.25, 0.3) is 0 Å². The molecule has 0 unspecified atom stereocenters. The summed E-state index contributed by atoms with van der Waals surface area (Å²) in [7, 11) is 0. The quantitative estimate of drug-likeness (QED) is 0.604. The third-order valence-corrected chi connectivity index (χ3v) is 3.38. The lowest BCUT2D eigenvalue weighted by atomic mass is 9.98. The van der Waals surface area contributed by atoms with Crippen LogP contribution in [0.1, 0.15) is 18.4 Å². The van der Waals surface area contributed by atoms with Crippen molar-refractivity contribution in [3.8, 4) is 0 Å². The fraction of sp³-hybridized carbons (Fsp3) is 0.300. The zero-order valence-corrected chi connectivity index (χ0v) is 9.05. The molecular weight excluding hydrogens is 282 g/mol. The molecule has 2 rings (SSSR count). The predicted octanol–water partition coefficient (Wildman–Crippen LogP) is 2.66. The molecule has 0 N–H and O–H groups in total.